The van der Waals surface area contributed by atoms with Crippen LogP contribution in [0.5, 0.6) is 0 Å². The van der Waals surface area contributed by atoms with Gasteiger partial charge < -0.3 is 10.6 Å². The second-order valence-electron chi connectivity index (χ2n) is 11.0. The molecule has 0 atom stereocenters. The van der Waals surface area contributed by atoms with Gasteiger partial charge >= 0.3 is 0 Å². The van der Waals surface area contributed by atoms with Crippen LogP contribution in [-0.2, 0) is 20.2 Å². The maximum Gasteiger partial charge on any atom is 0.294 e. The van der Waals surface area contributed by atoms with Crippen LogP contribution in [0.4, 0.5) is 28.4 Å². The molecule has 0 saturated heterocycles. The predicted octanol–water partition coefficient (Wildman–Crippen LogP) is 6.74. The molecule has 49 heavy (non-hydrogen) atoms. The number of thiol groups is 1. The van der Waals surface area contributed by atoms with Crippen LogP contribution >= 0.6 is 12.6 Å². The van der Waals surface area contributed by atoms with Gasteiger partial charge in [0.1, 0.15) is 0 Å². The van der Waals surface area contributed by atoms with Crippen LogP contribution in [-0.4, -0.2) is 31.7 Å². The largest absolute Gasteiger partial charge is 0.355 e. The molecule has 0 heterocycles. The number of hydrogen-bond donors (Lipinski definition) is 6. The van der Waals surface area contributed by atoms with Crippen LogP contribution in [0.3, 0.4) is 0 Å². The van der Waals surface area contributed by atoms with Crippen molar-refractivity contribution in [2.24, 2.45) is 0 Å². The topological polar surface area (TPSA) is 147 Å². The fourth-order valence-electron chi connectivity index (χ4n) is 5.21. The van der Waals surface area contributed by atoms with E-state index in [2.05, 4.69) is 28.3 Å². The Balaban J connectivity index is 1.32. The molecule has 9 nitrogen and oxygen atoms in total. The number of rotatable bonds is 9. The lowest BCUT2D eigenvalue weighted by Crippen LogP contribution is -2.65. The molecule has 0 aliphatic heterocycles. The summed E-state index contributed by atoms with van der Waals surface area (Å²) < 4.78 is 65.2. The van der Waals surface area contributed by atoms with Gasteiger partial charge in [-0.1, -0.05) is 42.5 Å². The molecule has 5 aromatic rings. The Morgan fingerprint density at radius 2 is 1.02 bits per heavy atom. The summed E-state index contributed by atoms with van der Waals surface area (Å²) in [5.74, 6) is 0. The molecule has 0 aromatic heterocycles. The van der Waals surface area contributed by atoms with Crippen LogP contribution in [0.25, 0.3) is 5.57 Å². The van der Waals surface area contributed by atoms with Gasteiger partial charge in [0.05, 0.1) is 9.79 Å². The van der Waals surface area contributed by atoms with E-state index in [0.717, 1.165) is 38.6 Å². The maximum atomic E-state index is 11.6. The lowest BCUT2D eigenvalue weighted by Gasteiger charge is -2.16. The molecule has 12 heteroatoms. The fraction of sp³-hybridized carbons (Fsp3) is 0. The summed E-state index contributed by atoms with van der Waals surface area (Å²) in [5.41, 5.74) is 8.00. The summed E-state index contributed by atoms with van der Waals surface area (Å²) in [6, 6.07) is 35.0. The van der Waals surface area contributed by atoms with Gasteiger partial charge in [-0.25, -0.2) is 4.99 Å². The normalized spacial score (nSPS) is 12.9. The van der Waals surface area contributed by atoms with Crippen LogP contribution in [0, 0.1) is 0 Å². The van der Waals surface area contributed by atoms with Gasteiger partial charge in [0.2, 0.25) is 11.4 Å². The van der Waals surface area contributed by atoms with Crippen LogP contribution in [0.2, 0.25) is 0 Å². The van der Waals surface area contributed by atoms with Gasteiger partial charge in [0, 0.05) is 51.9 Å². The SMILES string of the molecule is O=S(=O)(O)c1cccc(Nc2ccc(C(=C3C=CC(=[NH+]c4cccc(S)c4)C=C3)c3ccc(Nc4cccc(S(=O)(=O)O)c4)cc3)cc2)c1. The molecule has 0 bridgehead atoms. The lowest BCUT2D eigenvalue weighted by atomic mass is 9.90. The Kier molecular flexibility index (Phi) is 9.67. The molecule has 1 aliphatic carbocycles. The van der Waals surface area contributed by atoms with E-state index in [0.29, 0.717) is 22.7 Å². The minimum Gasteiger partial charge on any atom is -0.355 e. The van der Waals surface area contributed by atoms with E-state index < -0.39 is 20.2 Å². The Labute approximate surface area is 290 Å². The predicted molar refractivity (Wildman–Crippen MR) is 196 cm³/mol. The van der Waals surface area contributed by atoms with Crippen LogP contribution in [0.15, 0.2) is 166 Å². The van der Waals surface area contributed by atoms with Crippen LogP contribution in [0.1, 0.15) is 11.1 Å². The molecule has 246 valence electrons. The van der Waals surface area contributed by atoms with E-state index in [1.807, 2.05) is 97.1 Å². The monoisotopic (exact) mass is 708 g/mol. The van der Waals surface area contributed by atoms with Crippen molar-refractivity contribution in [1.29, 1.82) is 0 Å². The van der Waals surface area contributed by atoms with Crippen LogP contribution < -0.4 is 15.6 Å². The molecular weight excluding hydrogens is 679 g/mol. The summed E-state index contributed by atoms with van der Waals surface area (Å²) in [6.07, 6.45) is 8.05. The van der Waals surface area contributed by atoms with Crippen molar-refractivity contribution in [3.63, 3.8) is 0 Å². The molecule has 0 radical (unpaired) electrons. The maximum absolute atomic E-state index is 11.6. The summed E-state index contributed by atoms with van der Waals surface area (Å²) in [4.78, 5) is 3.84. The second kappa shape index (κ2) is 14.1. The van der Waals surface area contributed by atoms with Crippen molar-refractivity contribution in [2.45, 2.75) is 14.7 Å². The lowest BCUT2D eigenvalue weighted by molar-refractivity contribution is -0.351. The molecule has 0 fully saturated rings. The molecular formula is C37H30N3O6S3+. The average molecular weight is 709 g/mol. The van der Waals surface area contributed by atoms with E-state index in [1.54, 1.807) is 24.3 Å². The highest BCUT2D eigenvalue weighted by Gasteiger charge is 2.15. The first-order valence-corrected chi connectivity index (χ1v) is 18.2. The molecule has 0 spiro atoms. The van der Waals surface area contributed by atoms with E-state index in [9.17, 15) is 25.9 Å². The smallest absolute Gasteiger partial charge is 0.294 e. The van der Waals surface area contributed by atoms with Gasteiger partial charge in [-0.3, -0.25) is 9.11 Å². The first-order valence-electron chi connectivity index (χ1n) is 14.8. The summed E-state index contributed by atoms with van der Waals surface area (Å²) in [7, 11) is -8.68. The third-order valence-corrected chi connectivity index (χ3v) is 9.47. The molecule has 0 saturated carbocycles. The Bertz CT molecular complexity index is 2240. The molecule has 5 N–H and O–H groups in total. The Hall–Kier alpha value is -5.24. The summed E-state index contributed by atoms with van der Waals surface area (Å²) in [6.45, 7) is 0. The van der Waals surface area contributed by atoms with Gasteiger partial charge in [0.25, 0.3) is 20.2 Å². The summed E-state index contributed by atoms with van der Waals surface area (Å²) in [5, 5.41) is 6.36. The first kappa shape index (κ1) is 33.7. The van der Waals surface area contributed by atoms with Gasteiger partial charge in [-0.2, -0.15) is 16.8 Å². The number of hydrogen-bond acceptors (Lipinski definition) is 7. The minimum atomic E-state index is -4.34. The Morgan fingerprint density at radius 3 is 1.47 bits per heavy atom. The van der Waals surface area contributed by atoms with Crippen molar-refractivity contribution in [3.05, 3.63) is 162 Å². The van der Waals surface area contributed by atoms with Gasteiger partial charge in [0.15, 0.2) is 0 Å². The Morgan fingerprint density at radius 1 is 0.551 bits per heavy atom. The standard InChI is InChI=1S/C37H29N3O6S3/c41-48(42,43)35-8-2-5-32(23-35)39-29-18-12-26(13-19-29)37(25-10-16-28(17-11-25)38-31-4-1-7-34(47)22-31)27-14-20-30(21-15-27)40-33-6-3-9-36(24-33)49(44,45)46/h1-24,39-40,47H,(H,41,42,43)(H,44,45,46)/p+1. The second-order valence-corrected chi connectivity index (χ2v) is 14.4. The zero-order chi connectivity index (χ0) is 34.6. The third kappa shape index (κ3) is 8.62. The fourth-order valence-corrected chi connectivity index (χ4v) is 6.49. The summed E-state index contributed by atoms with van der Waals surface area (Å²) >= 11 is 4.43. The molecule has 1 aliphatic rings. The highest BCUT2D eigenvalue weighted by Crippen LogP contribution is 2.32. The van der Waals surface area contributed by atoms with Gasteiger partial charge in [-0.15, -0.1) is 12.6 Å². The molecule has 0 unspecified atom stereocenters. The minimum absolute atomic E-state index is 0.204. The van der Waals surface area contributed by atoms with Crippen molar-refractivity contribution >= 4 is 72.6 Å². The molecule has 0 amide bonds. The third-order valence-electron chi connectivity index (χ3n) is 7.50. The van der Waals surface area contributed by atoms with Gasteiger partial charge in [-0.05, 0) is 101 Å². The molecule has 5 aromatic carbocycles. The average Bonchev–Trinajstić information content (AvgIpc) is 3.07. The quantitative estimate of drug-likeness (QED) is 0.0730. The van der Waals surface area contributed by atoms with E-state index in [1.165, 1.54) is 24.3 Å². The highest BCUT2D eigenvalue weighted by molar-refractivity contribution is 7.86. The van der Waals surface area contributed by atoms with E-state index in [-0.39, 0.29) is 9.79 Å². The highest BCUT2D eigenvalue weighted by atomic mass is 32.2. The molecule has 6 rings (SSSR count). The first-order chi connectivity index (χ1) is 23.4. The number of benzene rings is 5. The number of nitrogens with one attached hydrogen (secondary N) is 3. The zero-order valence-corrected chi connectivity index (χ0v) is 28.2. The van der Waals surface area contributed by atoms with Crippen molar-refractivity contribution in [2.75, 3.05) is 10.6 Å². The zero-order valence-electron chi connectivity index (χ0n) is 25.6. The van der Waals surface area contributed by atoms with E-state index >= 15 is 0 Å². The van der Waals surface area contributed by atoms with Crippen molar-refractivity contribution in [3.8, 4) is 0 Å². The number of anilines is 4. The van der Waals surface area contributed by atoms with E-state index in [4.69, 9.17) is 0 Å². The van der Waals surface area contributed by atoms with Crippen molar-refractivity contribution < 1.29 is 30.9 Å². The van der Waals surface area contributed by atoms with Crippen molar-refractivity contribution in [1.82, 2.24) is 0 Å². The number of allylic oxidation sites excluding steroid dienone is 5.